The second kappa shape index (κ2) is 9.64. The standard InChI is InChI=1S/C23H22F3N5O3/c1-16(32)20-6-8-31(28-20)22(33)30-11-9-29(10-12-30)15-17-3-2-4-18(13-17)34-19-5-7-27-21(14-19)23(24,25)26/h2-8,13-14H,9-12,15H2,1H3. The number of hydrogen-bond donors (Lipinski definition) is 0. The van der Waals surface area contributed by atoms with Gasteiger partial charge in [0.2, 0.25) is 0 Å². The van der Waals surface area contributed by atoms with Crippen molar-refractivity contribution in [2.45, 2.75) is 19.6 Å². The molecule has 0 radical (unpaired) electrons. The van der Waals surface area contributed by atoms with E-state index in [1.807, 2.05) is 6.07 Å². The van der Waals surface area contributed by atoms with Gasteiger partial charge in [-0.1, -0.05) is 12.1 Å². The molecule has 2 aromatic heterocycles. The molecule has 3 aromatic rings. The Morgan fingerprint density at radius 1 is 1.03 bits per heavy atom. The quantitative estimate of drug-likeness (QED) is 0.520. The Balaban J connectivity index is 1.33. The number of pyridine rings is 1. The summed E-state index contributed by atoms with van der Waals surface area (Å²) in [6.07, 6.45) is -2.00. The van der Waals surface area contributed by atoms with E-state index >= 15 is 0 Å². The van der Waals surface area contributed by atoms with Crippen LogP contribution in [0.25, 0.3) is 0 Å². The first kappa shape index (κ1) is 23.4. The van der Waals surface area contributed by atoms with Crippen LogP contribution in [0.3, 0.4) is 0 Å². The van der Waals surface area contributed by atoms with E-state index in [0.29, 0.717) is 38.5 Å². The Labute approximate surface area is 193 Å². The molecule has 4 rings (SSSR count). The van der Waals surface area contributed by atoms with Crippen LogP contribution < -0.4 is 4.74 Å². The molecule has 1 saturated heterocycles. The van der Waals surface area contributed by atoms with Crippen LogP contribution in [0.5, 0.6) is 11.5 Å². The van der Waals surface area contributed by atoms with E-state index in [1.54, 1.807) is 23.1 Å². The smallest absolute Gasteiger partial charge is 0.433 e. The summed E-state index contributed by atoms with van der Waals surface area (Å²) in [7, 11) is 0. The predicted molar refractivity (Wildman–Crippen MR) is 116 cm³/mol. The Morgan fingerprint density at radius 2 is 1.76 bits per heavy atom. The first-order valence-corrected chi connectivity index (χ1v) is 10.6. The molecule has 1 aliphatic rings. The van der Waals surface area contributed by atoms with Crippen molar-refractivity contribution in [3.8, 4) is 11.5 Å². The van der Waals surface area contributed by atoms with Gasteiger partial charge in [0.05, 0.1) is 0 Å². The Bertz CT molecular complexity index is 1190. The lowest BCUT2D eigenvalue weighted by molar-refractivity contribution is -0.141. The van der Waals surface area contributed by atoms with Crippen molar-refractivity contribution >= 4 is 11.8 Å². The van der Waals surface area contributed by atoms with Gasteiger partial charge < -0.3 is 9.64 Å². The number of piperazine rings is 1. The monoisotopic (exact) mass is 473 g/mol. The lowest BCUT2D eigenvalue weighted by Gasteiger charge is -2.34. The van der Waals surface area contributed by atoms with Gasteiger partial charge in [-0.15, -0.1) is 0 Å². The van der Waals surface area contributed by atoms with Crippen molar-refractivity contribution in [3.63, 3.8) is 0 Å². The molecular weight excluding hydrogens is 451 g/mol. The SMILES string of the molecule is CC(=O)c1ccn(C(=O)N2CCN(Cc3cccc(Oc4ccnc(C(F)(F)F)c4)c3)CC2)n1. The Kier molecular flexibility index (Phi) is 6.64. The minimum absolute atomic E-state index is 0.0538. The number of ketones is 1. The van der Waals surface area contributed by atoms with Gasteiger partial charge in [0.15, 0.2) is 5.78 Å². The van der Waals surface area contributed by atoms with Crippen LogP contribution in [0.2, 0.25) is 0 Å². The van der Waals surface area contributed by atoms with E-state index < -0.39 is 11.9 Å². The van der Waals surface area contributed by atoms with E-state index in [2.05, 4.69) is 15.0 Å². The van der Waals surface area contributed by atoms with Gasteiger partial charge in [-0.25, -0.2) is 4.79 Å². The van der Waals surface area contributed by atoms with Crippen molar-refractivity contribution in [3.05, 3.63) is 71.8 Å². The molecule has 8 nitrogen and oxygen atoms in total. The summed E-state index contributed by atoms with van der Waals surface area (Å²) in [5.74, 6) is 0.274. The van der Waals surface area contributed by atoms with E-state index in [1.165, 1.54) is 29.9 Å². The number of carbonyl (C=O) groups excluding carboxylic acids is 2. The fraction of sp³-hybridized carbons (Fsp3) is 0.304. The topological polar surface area (TPSA) is 80.6 Å². The van der Waals surface area contributed by atoms with Crippen molar-refractivity contribution in [2.75, 3.05) is 26.2 Å². The number of Topliss-reactive ketones (excluding diaryl/α,β-unsaturated/α-hetero) is 1. The largest absolute Gasteiger partial charge is 0.457 e. The molecule has 178 valence electrons. The second-order valence-electron chi connectivity index (χ2n) is 7.87. The van der Waals surface area contributed by atoms with Crippen molar-refractivity contribution in [1.82, 2.24) is 24.6 Å². The van der Waals surface area contributed by atoms with E-state index in [9.17, 15) is 22.8 Å². The van der Waals surface area contributed by atoms with Gasteiger partial charge in [-0.3, -0.25) is 14.7 Å². The Hall–Kier alpha value is -3.73. The van der Waals surface area contributed by atoms with Crippen molar-refractivity contribution in [2.24, 2.45) is 0 Å². The zero-order valence-electron chi connectivity index (χ0n) is 18.3. The molecular formula is C23H22F3N5O3. The van der Waals surface area contributed by atoms with Crippen LogP contribution in [-0.2, 0) is 12.7 Å². The average molecular weight is 473 g/mol. The molecule has 0 N–H and O–H groups in total. The third-order valence-corrected chi connectivity index (χ3v) is 5.35. The fourth-order valence-corrected chi connectivity index (χ4v) is 3.59. The summed E-state index contributed by atoms with van der Waals surface area (Å²) in [5, 5.41) is 4.02. The van der Waals surface area contributed by atoms with E-state index in [-0.39, 0.29) is 23.3 Å². The number of amides is 1. The number of halogens is 3. The molecule has 1 fully saturated rings. The van der Waals surface area contributed by atoms with Crippen LogP contribution in [0.1, 0.15) is 28.7 Å². The minimum atomic E-state index is -4.54. The summed E-state index contributed by atoms with van der Waals surface area (Å²) in [6, 6.07) is 10.6. The first-order valence-electron chi connectivity index (χ1n) is 10.6. The van der Waals surface area contributed by atoms with Crippen molar-refractivity contribution < 1.29 is 27.5 Å². The summed E-state index contributed by atoms with van der Waals surface area (Å²) in [4.78, 5) is 31.2. The minimum Gasteiger partial charge on any atom is -0.457 e. The summed E-state index contributed by atoms with van der Waals surface area (Å²) < 4.78 is 45.4. The number of aromatic nitrogens is 3. The zero-order chi connectivity index (χ0) is 24.3. The highest BCUT2D eigenvalue weighted by molar-refractivity contribution is 5.92. The van der Waals surface area contributed by atoms with E-state index in [4.69, 9.17) is 4.74 Å². The lowest BCUT2D eigenvalue weighted by Crippen LogP contribution is -2.49. The molecule has 11 heteroatoms. The number of ether oxygens (including phenoxy) is 1. The fourth-order valence-electron chi connectivity index (χ4n) is 3.59. The molecule has 0 saturated carbocycles. The molecule has 1 amide bonds. The third kappa shape index (κ3) is 5.60. The Morgan fingerprint density at radius 3 is 2.44 bits per heavy atom. The summed E-state index contributed by atoms with van der Waals surface area (Å²) in [6.45, 7) is 4.27. The van der Waals surface area contributed by atoms with Crippen LogP contribution in [0, 0.1) is 0 Å². The maximum Gasteiger partial charge on any atom is 0.433 e. The van der Waals surface area contributed by atoms with Crippen LogP contribution in [0.15, 0.2) is 54.9 Å². The lowest BCUT2D eigenvalue weighted by atomic mass is 10.2. The summed E-state index contributed by atoms with van der Waals surface area (Å²) in [5.41, 5.74) is 0.164. The molecule has 0 spiro atoms. The zero-order valence-corrected chi connectivity index (χ0v) is 18.3. The normalized spacial score (nSPS) is 14.8. The van der Waals surface area contributed by atoms with Gasteiger partial charge in [-0.05, 0) is 29.8 Å². The first-order chi connectivity index (χ1) is 16.2. The molecule has 3 heterocycles. The number of benzene rings is 1. The molecule has 0 unspecified atom stereocenters. The molecule has 0 aliphatic carbocycles. The van der Waals surface area contributed by atoms with Crippen LogP contribution >= 0.6 is 0 Å². The molecule has 0 atom stereocenters. The van der Waals surface area contributed by atoms with Gasteiger partial charge in [-0.2, -0.15) is 23.0 Å². The third-order valence-electron chi connectivity index (χ3n) is 5.35. The average Bonchev–Trinajstić information content (AvgIpc) is 3.30. The highest BCUT2D eigenvalue weighted by atomic mass is 19.4. The maximum atomic E-state index is 12.9. The highest BCUT2D eigenvalue weighted by Gasteiger charge is 2.32. The predicted octanol–water partition coefficient (Wildman–Crippen LogP) is 4.08. The van der Waals surface area contributed by atoms with Gasteiger partial charge in [0.1, 0.15) is 22.9 Å². The second-order valence-corrected chi connectivity index (χ2v) is 7.87. The summed E-state index contributed by atoms with van der Waals surface area (Å²) >= 11 is 0. The number of nitrogens with zero attached hydrogens (tertiary/aromatic N) is 5. The highest BCUT2D eigenvalue weighted by Crippen LogP contribution is 2.31. The van der Waals surface area contributed by atoms with Gasteiger partial charge >= 0.3 is 12.2 Å². The maximum absolute atomic E-state index is 12.9. The van der Waals surface area contributed by atoms with Crippen LogP contribution in [-0.4, -0.2) is 62.6 Å². The molecule has 34 heavy (non-hydrogen) atoms. The van der Waals surface area contributed by atoms with Gasteiger partial charge in [0, 0.05) is 58.1 Å². The number of alkyl halides is 3. The number of carbonyl (C=O) groups is 2. The van der Waals surface area contributed by atoms with Crippen molar-refractivity contribution in [1.29, 1.82) is 0 Å². The number of rotatable bonds is 5. The molecule has 1 aliphatic heterocycles. The molecule has 1 aromatic carbocycles. The molecule has 0 bridgehead atoms. The van der Waals surface area contributed by atoms with E-state index in [0.717, 1.165) is 17.8 Å². The number of hydrogen-bond acceptors (Lipinski definition) is 6. The van der Waals surface area contributed by atoms with Crippen LogP contribution in [0.4, 0.5) is 18.0 Å². The van der Waals surface area contributed by atoms with Gasteiger partial charge in [0.25, 0.3) is 0 Å².